The van der Waals surface area contributed by atoms with Crippen LogP contribution >= 0.6 is 0 Å². The highest BCUT2D eigenvalue weighted by Gasteiger charge is 2.53. The molecule has 19 nitrogen and oxygen atoms in total. The normalized spacial score (nSPS) is 29.3. The lowest BCUT2D eigenvalue weighted by molar-refractivity contribution is -0.379. The molecule has 3 saturated heterocycles. The Kier molecular flexibility index (Phi) is 43.7. The van der Waals surface area contributed by atoms with Gasteiger partial charge in [-0.1, -0.05) is 251 Å². The number of nitrogens with one attached hydrogen (secondary N) is 1. The highest BCUT2D eigenvalue weighted by atomic mass is 16.8. The quantitative estimate of drug-likeness (QED) is 0.0257. The van der Waals surface area contributed by atoms with Gasteiger partial charge in [-0.25, -0.2) is 0 Å². The summed E-state index contributed by atoms with van der Waals surface area (Å²) in [6.45, 7) is 1.84. The van der Waals surface area contributed by atoms with Crippen molar-refractivity contribution in [2.45, 2.75) is 375 Å². The monoisotopic (exact) mass is 1190 g/mol. The molecule has 17 unspecified atom stereocenters. The van der Waals surface area contributed by atoms with Crippen LogP contribution in [0.5, 0.6) is 0 Å². The number of aliphatic hydroxyl groups is 11. The number of unbranched alkanes of at least 4 members (excludes halogenated alkanes) is 36. The Balaban J connectivity index is 1.45. The second-order valence-electron chi connectivity index (χ2n) is 24.7. The molecule has 3 aliphatic heterocycles. The lowest BCUT2D eigenvalue weighted by atomic mass is 9.96. The minimum absolute atomic E-state index is 0.237. The highest BCUT2D eigenvalue weighted by Crippen LogP contribution is 2.33. The average Bonchev–Trinajstić information content (AvgIpc) is 3.34. The van der Waals surface area contributed by atoms with Gasteiger partial charge in [0.25, 0.3) is 0 Å². The van der Waals surface area contributed by atoms with Gasteiger partial charge in [-0.3, -0.25) is 4.79 Å². The van der Waals surface area contributed by atoms with Gasteiger partial charge >= 0.3 is 0 Å². The van der Waals surface area contributed by atoms with Gasteiger partial charge in [0.2, 0.25) is 5.91 Å². The van der Waals surface area contributed by atoms with Crippen LogP contribution in [-0.2, 0) is 33.2 Å². The summed E-state index contributed by atoms with van der Waals surface area (Å²) in [6, 6.07) is -0.881. The van der Waals surface area contributed by atoms with Crippen LogP contribution in [0.15, 0.2) is 0 Å². The summed E-state index contributed by atoms with van der Waals surface area (Å²) < 4.78 is 34.4. The van der Waals surface area contributed by atoms with Crippen molar-refractivity contribution in [1.29, 1.82) is 0 Å². The van der Waals surface area contributed by atoms with Crippen LogP contribution in [0.1, 0.15) is 271 Å². The molecule has 0 aromatic carbocycles. The van der Waals surface area contributed by atoms with Gasteiger partial charge in [0, 0.05) is 6.42 Å². The second kappa shape index (κ2) is 47.7. The van der Waals surface area contributed by atoms with E-state index in [1.807, 2.05) is 0 Å². The summed E-state index contributed by atoms with van der Waals surface area (Å²) in [4.78, 5) is 13.4. The maximum Gasteiger partial charge on any atom is 0.220 e. The Morgan fingerprint density at radius 3 is 1.05 bits per heavy atom. The van der Waals surface area contributed by atoms with E-state index in [2.05, 4.69) is 19.2 Å². The number of hydrogen-bond donors (Lipinski definition) is 12. The number of aliphatic hydroxyl groups excluding tert-OH is 11. The summed E-state index contributed by atoms with van der Waals surface area (Å²) >= 11 is 0. The van der Waals surface area contributed by atoms with Crippen molar-refractivity contribution >= 4 is 5.91 Å². The molecule has 0 radical (unpaired) electrons. The predicted molar refractivity (Wildman–Crippen MR) is 319 cm³/mol. The third kappa shape index (κ3) is 30.7. The Morgan fingerprint density at radius 2 is 0.687 bits per heavy atom. The number of hydrogen-bond acceptors (Lipinski definition) is 18. The SMILES string of the molecule is CCCCCCCCCCCCCCCCCCCCCCCC(O)C(COC1OC(CO)C(OC2OC(CO)C(OC3OC(CO)C(O)C(O)C3O)C(O)C2O)C(O)C1O)NC(=O)CCCCCCCCCCCCCCCCCCC. The molecule has 0 spiro atoms. The molecule has 3 rings (SSSR count). The molecule has 12 N–H and O–H groups in total. The molecule has 0 aromatic rings. The standard InChI is InChI=1S/C64H123NO18/c1-3-5-7-9-11-13-15-17-19-21-22-23-24-26-27-29-31-33-35-37-39-41-48(69)47(65-52(70)42-40-38-36-34-32-30-28-25-20-18-16-14-12-10-8-6-4-2)46-78-62-58(76)55(73)60(50(44-67)80-62)83-64-59(77)56(74)61(51(45-68)81-64)82-63-57(75)54(72)53(71)49(43-66)79-63/h47-51,53-64,66-69,71-77H,3-46H2,1-2H3,(H,65,70). The van der Waals surface area contributed by atoms with Gasteiger partial charge < -0.3 is 89.9 Å². The molecule has 17 atom stereocenters. The molecule has 19 heteroatoms. The van der Waals surface area contributed by atoms with Gasteiger partial charge in [-0.15, -0.1) is 0 Å². The molecule has 3 aliphatic rings. The summed E-state index contributed by atoms with van der Waals surface area (Å²) in [6.07, 6.45) is 21.7. The van der Waals surface area contributed by atoms with Crippen molar-refractivity contribution in [3.63, 3.8) is 0 Å². The minimum Gasteiger partial charge on any atom is -0.394 e. The smallest absolute Gasteiger partial charge is 0.220 e. The van der Waals surface area contributed by atoms with Crippen molar-refractivity contribution in [3.05, 3.63) is 0 Å². The molecule has 83 heavy (non-hydrogen) atoms. The molecule has 492 valence electrons. The Hall–Kier alpha value is -1.21. The van der Waals surface area contributed by atoms with E-state index in [0.717, 1.165) is 44.9 Å². The van der Waals surface area contributed by atoms with E-state index in [4.69, 9.17) is 28.4 Å². The topological polar surface area (TPSA) is 307 Å². The largest absolute Gasteiger partial charge is 0.394 e. The number of carbonyl (C=O) groups excluding carboxylic acids is 1. The average molecular weight is 1190 g/mol. The van der Waals surface area contributed by atoms with Crippen LogP contribution < -0.4 is 5.32 Å². The van der Waals surface area contributed by atoms with Crippen LogP contribution in [0.2, 0.25) is 0 Å². The second-order valence-corrected chi connectivity index (χ2v) is 24.7. The van der Waals surface area contributed by atoms with Gasteiger partial charge in [0.05, 0.1) is 38.6 Å². The fraction of sp³-hybridized carbons (Fsp3) is 0.984. The maximum absolute atomic E-state index is 13.4. The Bertz CT molecular complexity index is 1520. The highest BCUT2D eigenvalue weighted by molar-refractivity contribution is 5.76. The van der Waals surface area contributed by atoms with E-state index in [1.165, 1.54) is 193 Å². The summed E-state index contributed by atoms with van der Waals surface area (Å²) in [5.74, 6) is -0.237. The van der Waals surface area contributed by atoms with Gasteiger partial charge in [0.1, 0.15) is 73.2 Å². The third-order valence-corrected chi connectivity index (χ3v) is 17.4. The summed E-state index contributed by atoms with van der Waals surface area (Å²) in [7, 11) is 0. The summed E-state index contributed by atoms with van der Waals surface area (Å²) in [5.41, 5.74) is 0. The third-order valence-electron chi connectivity index (χ3n) is 17.4. The van der Waals surface area contributed by atoms with E-state index in [9.17, 15) is 61.0 Å². The van der Waals surface area contributed by atoms with Crippen molar-refractivity contribution in [1.82, 2.24) is 5.32 Å². The first kappa shape index (κ1) is 76.0. The van der Waals surface area contributed by atoms with Crippen molar-refractivity contribution in [2.75, 3.05) is 26.4 Å². The van der Waals surface area contributed by atoms with Crippen LogP contribution in [0, 0.1) is 0 Å². The predicted octanol–water partition coefficient (Wildman–Crippen LogP) is 7.94. The first-order chi connectivity index (χ1) is 40.3. The summed E-state index contributed by atoms with van der Waals surface area (Å²) in [5, 5.41) is 121. The van der Waals surface area contributed by atoms with Crippen molar-refractivity contribution in [2.24, 2.45) is 0 Å². The van der Waals surface area contributed by atoms with E-state index in [-0.39, 0.29) is 18.9 Å². The molecule has 3 fully saturated rings. The van der Waals surface area contributed by atoms with Gasteiger partial charge in [-0.2, -0.15) is 0 Å². The molecular weight excluding hydrogens is 1070 g/mol. The van der Waals surface area contributed by atoms with E-state index >= 15 is 0 Å². The number of carbonyl (C=O) groups is 1. The van der Waals surface area contributed by atoms with Crippen LogP contribution in [-0.4, -0.2) is 193 Å². The molecule has 0 bridgehead atoms. The van der Waals surface area contributed by atoms with Crippen LogP contribution in [0.4, 0.5) is 0 Å². The fourth-order valence-corrected chi connectivity index (χ4v) is 11.9. The van der Waals surface area contributed by atoms with Gasteiger partial charge in [0.15, 0.2) is 18.9 Å². The zero-order valence-electron chi connectivity index (χ0n) is 51.7. The van der Waals surface area contributed by atoms with Crippen LogP contribution in [0.3, 0.4) is 0 Å². The van der Waals surface area contributed by atoms with Gasteiger partial charge in [-0.05, 0) is 12.8 Å². The first-order valence-corrected chi connectivity index (χ1v) is 33.8. The van der Waals surface area contributed by atoms with Crippen molar-refractivity contribution in [3.8, 4) is 0 Å². The maximum atomic E-state index is 13.4. The van der Waals surface area contributed by atoms with E-state index in [1.54, 1.807) is 0 Å². The Morgan fingerprint density at radius 1 is 0.386 bits per heavy atom. The zero-order chi connectivity index (χ0) is 60.5. The first-order valence-electron chi connectivity index (χ1n) is 33.8. The minimum atomic E-state index is -1.97. The lowest BCUT2D eigenvalue weighted by Crippen LogP contribution is -2.66. The number of rotatable bonds is 52. The zero-order valence-corrected chi connectivity index (χ0v) is 51.7. The fourth-order valence-electron chi connectivity index (χ4n) is 11.9. The number of amides is 1. The molecule has 0 aliphatic carbocycles. The molecule has 0 aromatic heterocycles. The number of ether oxygens (including phenoxy) is 6. The molecule has 3 heterocycles. The molecule has 1 amide bonds. The van der Waals surface area contributed by atoms with E-state index < -0.39 is 124 Å². The lowest BCUT2D eigenvalue weighted by Gasteiger charge is -2.48. The van der Waals surface area contributed by atoms with Crippen LogP contribution in [0.25, 0.3) is 0 Å². The Labute approximate surface area is 500 Å². The molecule has 0 saturated carbocycles. The van der Waals surface area contributed by atoms with Crippen molar-refractivity contribution < 1.29 is 89.4 Å². The van der Waals surface area contributed by atoms with E-state index in [0.29, 0.717) is 12.8 Å². The molecular formula is C64H123NO18.